The molecule has 5 rings (SSSR count). The van der Waals surface area contributed by atoms with Crippen LogP contribution >= 0.6 is 33.9 Å². The van der Waals surface area contributed by atoms with E-state index in [-0.39, 0.29) is 22.0 Å². The lowest BCUT2D eigenvalue weighted by Crippen LogP contribution is -2.44. The molecule has 0 radical (unpaired) electrons. The lowest BCUT2D eigenvalue weighted by atomic mass is 9.89. The van der Waals surface area contributed by atoms with Crippen LogP contribution in [-0.2, 0) is 6.54 Å². The number of rotatable bonds is 7. The van der Waals surface area contributed by atoms with E-state index in [9.17, 15) is 13.6 Å². The summed E-state index contributed by atoms with van der Waals surface area (Å²) in [5.74, 6) is -0.566. The molecule has 2 aromatic carbocycles. The van der Waals surface area contributed by atoms with Crippen LogP contribution in [0.5, 0.6) is 5.75 Å². The molecule has 0 saturated heterocycles. The number of nitrogens with zero attached hydrogens (tertiary/aromatic N) is 2. The van der Waals surface area contributed by atoms with Crippen LogP contribution in [0.2, 0.25) is 0 Å². The highest BCUT2D eigenvalue weighted by molar-refractivity contribution is 14.1. The van der Waals surface area contributed by atoms with Crippen LogP contribution in [0.25, 0.3) is 21.2 Å². The molecule has 1 aliphatic carbocycles. The molecule has 1 saturated carbocycles. The summed E-state index contributed by atoms with van der Waals surface area (Å²) < 4.78 is 35.7. The Kier molecular flexibility index (Phi) is 8.49. The van der Waals surface area contributed by atoms with Crippen molar-refractivity contribution in [2.24, 2.45) is 0 Å². The second kappa shape index (κ2) is 11.9. The summed E-state index contributed by atoms with van der Waals surface area (Å²) in [6.45, 7) is 2.27. The van der Waals surface area contributed by atoms with Gasteiger partial charge in [0.1, 0.15) is 22.3 Å². The van der Waals surface area contributed by atoms with Gasteiger partial charge in [-0.3, -0.25) is 9.78 Å². The van der Waals surface area contributed by atoms with E-state index in [1.54, 1.807) is 7.11 Å². The minimum Gasteiger partial charge on any atom is -0.496 e. The summed E-state index contributed by atoms with van der Waals surface area (Å²) in [5.41, 5.74) is 3.76. The summed E-state index contributed by atoms with van der Waals surface area (Å²) in [4.78, 5) is 20.9. The Hall–Kier alpha value is -2.63. The quantitative estimate of drug-likeness (QED) is 0.211. The minimum absolute atomic E-state index is 0.00721. The van der Waals surface area contributed by atoms with Gasteiger partial charge in [-0.25, -0.2) is 8.78 Å². The maximum Gasteiger partial charge on any atom is 0.265 e. The standard InChI is InChI=1S/C30H30F2IN3O2S/c1-17-4-5-19(15-35-17)18-6-13-25(38-3)20(14-18)16-36(22-9-7-21(34-2)8-10-22)30(37)29-27(33)26-23(31)11-12-24(32)28(26)39-29/h4-6,11-15,21-22,34H,7-10,16H2,1-3H3. The van der Waals surface area contributed by atoms with Crippen molar-refractivity contribution in [2.45, 2.75) is 51.2 Å². The van der Waals surface area contributed by atoms with Gasteiger partial charge in [0.25, 0.3) is 5.91 Å². The van der Waals surface area contributed by atoms with E-state index >= 15 is 0 Å². The maximum atomic E-state index is 14.7. The van der Waals surface area contributed by atoms with Crippen molar-refractivity contribution in [3.63, 3.8) is 0 Å². The number of amides is 1. The molecule has 5 nitrogen and oxygen atoms in total. The molecule has 0 spiro atoms. The third kappa shape index (κ3) is 5.67. The van der Waals surface area contributed by atoms with Crippen molar-refractivity contribution in [3.8, 4) is 16.9 Å². The van der Waals surface area contributed by atoms with E-state index in [2.05, 4.69) is 10.3 Å². The molecule has 1 aliphatic rings. The number of aryl methyl sites for hydroxylation is 1. The smallest absolute Gasteiger partial charge is 0.265 e. The molecule has 0 aliphatic heterocycles. The molecule has 1 amide bonds. The van der Waals surface area contributed by atoms with Gasteiger partial charge < -0.3 is 15.0 Å². The van der Waals surface area contributed by atoms with E-state index in [4.69, 9.17) is 4.74 Å². The van der Waals surface area contributed by atoms with Gasteiger partial charge in [-0.15, -0.1) is 11.3 Å². The first-order chi connectivity index (χ1) is 18.8. The first kappa shape index (κ1) is 27.9. The van der Waals surface area contributed by atoms with Crippen LogP contribution in [-0.4, -0.2) is 42.0 Å². The summed E-state index contributed by atoms with van der Waals surface area (Å²) in [6.07, 6.45) is 5.41. The number of benzene rings is 2. The summed E-state index contributed by atoms with van der Waals surface area (Å²) in [5, 5.41) is 3.52. The average Bonchev–Trinajstić information content (AvgIpc) is 3.32. The van der Waals surface area contributed by atoms with Crippen molar-refractivity contribution in [1.29, 1.82) is 0 Å². The fraction of sp³-hybridized carbons (Fsp3) is 0.333. The summed E-state index contributed by atoms with van der Waals surface area (Å²) >= 11 is 3.01. The Morgan fingerprint density at radius 3 is 2.46 bits per heavy atom. The number of carbonyl (C=O) groups excluding carboxylic acids is 1. The first-order valence-corrected chi connectivity index (χ1v) is 14.8. The maximum absolute atomic E-state index is 14.7. The molecule has 39 heavy (non-hydrogen) atoms. The number of thiophene rings is 1. The topological polar surface area (TPSA) is 54.5 Å². The number of methoxy groups -OCH3 is 1. The Morgan fingerprint density at radius 2 is 1.82 bits per heavy atom. The SMILES string of the molecule is CNC1CCC(N(Cc2cc(-c3ccc(C)nc3)ccc2OC)C(=O)c2sc3c(F)ccc(F)c3c2I)CC1. The van der Waals surface area contributed by atoms with E-state index in [1.807, 2.05) is 78.0 Å². The number of halogens is 3. The lowest BCUT2D eigenvalue weighted by Gasteiger charge is -2.37. The highest BCUT2D eigenvalue weighted by atomic mass is 127. The largest absolute Gasteiger partial charge is 0.496 e. The Bertz CT molecular complexity index is 1500. The van der Waals surface area contributed by atoms with Gasteiger partial charge in [-0.1, -0.05) is 12.1 Å². The molecule has 0 atom stereocenters. The van der Waals surface area contributed by atoms with Crippen molar-refractivity contribution in [3.05, 3.63) is 80.0 Å². The van der Waals surface area contributed by atoms with Gasteiger partial charge in [-0.2, -0.15) is 0 Å². The molecule has 9 heteroatoms. The predicted molar refractivity (Wildman–Crippen MR) is 160 cm³/mol. The first-order valence-electron chi connectivity index (χ1n) is 12.9. The molecule has 2 heterocycles. The Morgan fingerprint density at radius 1 is 1.10 bits per heavy atom. The van der Waals surface area contributed by atoms with Crippen LogP contribution in [0, 0.1) is 22.1 Å². The molecule has 1 N–H and O–H groups in total. The van der Waals surface area contributed by atoms with Crippen LogP contribution in [0.15, 0.2) is 48.7 Å². The van der Waals surface area contributed by atoms with Crippen LogP contribution in [0.4, 0.5) is 8.78 Å². The second-order valence-electron chi connectivity index (χ2n) is 9.92. The van der Waals surface area contributed by atoms with Crippen LogP contribution < -0.4 is 10.1 Å². The molecular formula is C30H30F2IN3O2S. The highest BCUT2D eigenvalue weighted by Crippen LogP contribution is 2.38. The van der Waals surface area contributed by atoms with Gasteiger partial charge in [0.05, 0.1) is 11.8 Å². The van der Waals surface area contributed by atoms with E-state index in [1.165, 1.54) is 0 Å². The van der Waals surface area contributed by atoms with Crippen molar-refractivity contribution >= 4 is 49.9 Å². The van der Waals surface area contributed by atoms with Crippen LogP contribution in [0.3, 0.4) is 0 Å². The number of aromatic nitrogens is 1. The number of nitrogens with one attached hydrogen (secondary N) is 1. The van der Waals surface area contributed by atoms with Gasteiger partial charge in [-0.05, 0) is 98.1 Å². The lowest BCUT2D eigenvalue weighted by molar-refractivity contribution is 0.0603. The van der Waals surface area contributed by atoms with Gasteiger partial charge >= 0.3 is 0 Å². The van der Waals surface area contributed by atoms with Gasteiger partial charge in [0.2, 0.25) is 0 Å². The van der Waals surface area contributed by atoms with Gasteiger partial charge in [0, 0.05) is 50.6 Å². The highest BCUT2D eigenvalue weighted by Gasteiger charge is 2.33. The predicted octanol–water partition coefficient (Wildman–Crippen LogP) is 7.34. The van der Waals surface area contributed by atoms with Crippen molar-refractivity contribution < 1.29 is 18.3 Å². The number of ether oxygens (including phenoxy) is 1. The molecule has 0 bridgehead atoms. The molecule has 1 fully saturated rings. The number of pyridine rings is 1. The zero-order valence-electron chi connectivity index (χ0n) is 22.1. The second-order valence-corrected chi connectivity index (χ2v) is 12.0. The summed E-state index contributed by atoms with van der Waals surface area (Å²) in [6, 6.07) is 12.6. The average molecular weight is 662 g/mol. The molecule has 204 valence electrons. The van der Waals surface area contributed by atoms with Gasteiger partial charge in [0.15, 0.2) is 0 Å². The van der Waals surface area contributed by atoms with Crippen molar-refractivity contribution in [2.75, 3.05) is 14.2 Å². The van der Waals surface area contributed by atoms with Crippen LogP contribution in [0.1, 0.15) is 46.6 Å². The van der Waals surface area contributed by atoms with E-state index in [0.29, 0.717) is 26.8 Å². The number of carbonyl (C=O) groups is 1. The third-order valence-electron chi connectivity index (χ3n) is 7.55. The number of hydrogen-bond donors (Lipinski definition) is 1. The Labute approximate surface area is 244 Å². The monoisotopic (exact) mass is 661 g/mol. The van der Waals surface area contributed by atoms with Crippen molar-refractivity contribution in [1.82, 2.24) is 15.2 Å². The summed E-state index contributed by atoms with van der Waals surface area (Å²) in [7, 11) is 3.59. The molecule has 2 aromatic heterocycles. The minimum atomic E-state index is -0.520. The Balaban J connectivity index is 1.55. The van der Waals surface area contributed by atoms with E-state index < -0.39 is 11.6 Å². The third-order valence-corrected chi connectivity index (χ3v) is 10.2. The molecular weight excluding hydrogens is 631 g/mol. The molecule has 0 unspecified atom stereocenters. The fourth-order valence-corrected chi connectivity index (χ4v) is 7.65. The zero-order chi connectivity index (χ0) is 27.7. The zero-order valence-corrected chi connectivity index (χ0v) is 25.0. The number of fused-ring (bicyclic) bond motifs is 1. The fourth-order valence-electron chi connectivity index (χ4n) is 5.31. The normalized spacial score (nSPS) is 17.4. The van der Waals surface area contributed by atoms with E-state index in [0.717, 1.165) is 71.5 Å². The number of hydrogen-bond acceptors (Lipinski definition) is 5. The molecule has 4 aromatic rings.